The third kappa shape index (κ3) is 5.70. The highest BCUT2D eigenvalue weighted by Crippen LogP contribution is 2.46. The molecule has 0 N–H and O–H groups in total. The van der Waals surface area contributed by atoms with Gasteiger partial charge in [-0.3, -0.25) is 0 Å². The molecule has 0 radical (unpaired) electrons. The van der Waals surface area contributed by atoms with Crippen molar-refractivity contribution in [3.8, 4) is 16.8 Å². The van der Waals surface area contributed by atoms with Gasteiger partial charge in [0.15, 0.2) is 8.07 Å². The van der Waals surface area contributed by atoms with E-state index in [2.05, 4.69) is 252 Å². The molecule has 0 saturated carbocycles. The zero-order chi connectivity index (χ0) is 39.2. The molecule has 1 heterocycles. The standard InChI is InChI=1S/C56H40N2Si/c1-6-17-41(18-7-1)42-29-32-45(33-30-42)57(52-39-40-54-56-51(52)38-31-43-19-16-28-53(55(43)56)58(54)44-20-8-2-9-21-44)46-34-36-50(37-35-46)59(47-22-10-3-11-23-47,48-24-12-4-13-25-48)49-26-14-5-15-27-49/h1-40H. The Morgan fingerprint density at radius 2 is 0.797 bits per heavy atom. The number of benzene rings is 10. The predicted octanol–water partition coefficient (Wildman–Crippen LogP) is 11.9. The van der Waals surface area contributed by atoms with Crippen molar-refractivity contribution in [1.82, 2.24) is 4.57 Å². The van der Waals surface area contributed by atoms with Gasteiger partial charge in [0.05, 0.1) is 16.7 Å². The predicted molar refractivity (Wildman–Crippen MR) is 253 cm³/mol. The van der Waals surface area contributed by atoms with Crippen molar-refractivity contribution in [1.29, 1.82) is 0 Å². The largest absolute Gasteiger partial charge is 0.310 e. The summed E-state index contributed by atoms with van der Waals surface area (Å²) in [6.45, 7) is 0. The molecule has 0 amide bonds. The summed E-state index contributed by atoms with van der Waals surface area (Å²) in [5.74, 6) is 0. The smallest absolute Gasteiger partial charge is 0.179 e. The molecule has 0 saturated heterocycles. The van der Waals surface area contributed by atoms with Crippen molar-refractivity contribution in [3.05, 3.63) is 243 Å². The zero-order valence-electron chi connectivity index (χ0n) is 32.5. The SMILES string of the molecule is c1ccc(-c2ccc(N(c3ccc([Si](c4ccccc4)(c4ccccc4)c4ccccc4)cc3)c3ccc4c5c3ccc3cccc(c35)n4-c3ccccc3)cc2)cc1. The maximum Gasteiger partial charge on any atom is 0.179 e. The third-order valence-corrected chi connectivity index (χ3v) is 16.9. The molecule has 3 heteroatoms. The molecule has 2 nitrogen and oxygen atoms in total. The van der Waals surface area contributed by atoms with Crippen LogP contribution in [0.3, 0.4) is 0 Å². The van der Waals surface area contributed by atoms with Gasteiger partial charge in [0.25, 0.3) is 0 Å². The molecule has 11 aromatic rings. The molecule has 0 aliphatic carbocycles. The monoisotopic (exact) mass is 768 g/mol. The molecule has 10 aromatic carbocycles. The van der Waals surface area contributed by atoms with E-state index < -0.39 is 8.07 Å². The van der Waals surface area contributed by atoms with Crippen molar-refractivity contribution in [2.75, 3.05) is 4.90 Å². The van der Waals surface area contributed by atoms with Crippen LogP contribution in [0.5, 0.6) is 0 Å². The Kier molecular flexibility index (Phi) is 8.53. The molecule has 11 rings (SSSR count). The summed E-state index contributed by atoms with van der Waals surface area (Å²) in [5.41, 5.74) is 9.36. The van der Waals surface area contributed by atoms with Crippen LogP contribution in [-0.4, -0.2) is 12.6 Å². The lowest BCUT2D eigenvalue weighted by Gasteiger charge is -2.35. The van der Waals surface area contributed by atoms with E-state index in [1.165, 1.54) is 64.5 Å². The first-order chi connectivity index (χ1) is 29.3. The Hall–Kier alpha value is -7.46. The lowest BCUT2D eigenvalue weighted by atomic mass is 9.99. The minimum absolute atomic E-state index is 1.11. The minimum atomic E-state index is -2.70. The fourth-order valence-corrected chi connectivity index (χ4v) is 14.3. The highest BCUT2D eigenvalue weighted by Gasteiger charge is 2.41. The molecule has 0 fully saturated rings. The summed E-state index contributed by atoms with van der Waals surface area (Å²) >= 11 is 0. The van der Waals surface area contributed by atoms with Crippen LogP contribution in [0.4, 0.5) is 17.1 Å². The van der Waals surface area contributed by atoms with Gasteiger partial charge in [-0.25, -0.2) is 0 Å². The van der Waals surface area contributed by atoms with Crippen LogP contribution in [0.2, 0.25) is 0 Å². The number of rotatable bonds is 9. The van der Waals surface area contributed by atoms with E-state index in [4.69, 9.17) is 0 Å². The van der Waals surface area contributed by atoms with Crippen molar-refractivity contribution in [2.24, 2.45) is 0 Å². The first-order valence-electron chi connectivity index (χ1n) is 20.4. The van der Waals surface area contributed by atoms with E-state index in [-0.39, 0.29) is 0 Å². The topological polar surface area (TPSA) is 8.17 Å². The molecule has 59 heavy (non-hydrogen) atoms. The highest BCUT2D eigenvalue weighted by molar-refractivity contribution is 7.19. The third-order valence-electron chi connectivity index (χ3n) is 12.1. The zero-order valence-corrected chi connectivity index (χ0v) is 33.5. The lowest BCUT2D eigenvalue weighted by molar-refractivity contribution is 1.18. The summed E-state index contributed by atoms with van der Waals surface area (Å²) in [6.07, 6.45) is 0. The Balaban J connectivity index is 1.14. The van der Waals surface area contributed by atoms with Crippen LogP contribution in [0.25, 0.3) is 49.4 Å². The van der Waals surface area contributed by atoms with Crippen molar-refractivity contribution in [2.45, 2.75) is 0 Å². The molecule has 0 aliphatic heterocycles. The molecule has 0 bridgehead atoms. The fourth-order valence-electron chi connectivity index (χ4n) is 9.51. The second-order valence-corrected chi connectivity index (χ2v) is 19.1. The Bertz CT molecular complexity index is 3070. The summed E-state index contributed by atoms with van der Waals surface area (Å²) in [4.78, 5) is 2.45. The number of hydrogen-bond donors (Lipinski definition) is 0. The lowest BCUT2D eigenvalue weighted by Crippen LogP contribution is -2.74. The first-order valence-corrected chi connectivity index (χ1v) is 22.4. The van der Waals surface area contributed by atoms with Crippen LogP contribution in [0, 0.1) is 0 Å². The molecular formula is C56H40N2Si. The van der Waals surface area contributed by atoms with E-state index >= 15 is 0 Å². The molecule has 0 aliphatic rings. The average molecular weight is 769 g/mol. The van der Waals surface area contributed by atoms with Crippen LogP contribution in [0.15, 0.2) is 243 Å². The summed E-state index contributed by atoms with van der Waals surface area (Å²) in [7, 11) is -2.70. The summed E-state index contributed by atoms with van der Waals surface area (Å²) in [6, 6.07) is 89.3. The van der Waals surface area contributed by atoms with Gasteiger partial charge in [0, 0.05) is 33.2 Å². The number of hydrogen-bond acceptors (Lipinski definition) is 1. The number of anilines is 3. The number of para-hydroxylation sites is 1. The van der Waals surface area contributed by atoms with Crippen molar-refractivity contribution in [3.63, 3.8) is 0 Å². The van der Waals surface area contributed by atoms with Crippen LogP contribution in [-0.2, 0) is 0 Å². The Morgan fingerprint density at radius 3 is 1.37 bits per heavy atom. The van der Waals surface area contributed by atoms with Gasteiger partial charge in [-0.2, -0.15) is 0 Å². The highest BCUT2D eigenvalue weighted by atomic mass is 28.3. The van der Waals surface area contributed by atoms with Gasteiger partial charge in [-0.1, -0.05) is 188 Å². The molecule has 278 valence electrons. The van der Waals surface area contributed by atoms with Crippen molar-refractivity contribution >= 4 is 78.5 Å². The second-order valence-electron chi connectivity index (χ2n) is 15.3. The molecule has 1 aromatic heterocycles. The van der Waals surface area contributed by atoms with E-state index in [1.807, 2.05) is 0 Å². The van der Waals surface area contributed by atoms with Crippen LogP contribution < -0.4 is 25.6 Å². The van der Waals surface area contributed by atoms with Gasteiger partial charge in [0.1, 0.15) is 0 Å². The van der Waals surface area contributed by atoms with E-state index in [9.17, 15) is 0 Å². The normalized spacial score (nSPS) is 11.7. The van der Waals surface area contributed by atoms with Crippen LogP contribution in [0.1, 0.15) is 0 Å². The van der Waals surface area contributed by atoms with Gasteiger partial charge < -0.3 is 9.47 Å². The van der Waals surface area contributed by atoms with Gasteiger partial charge in [0.2, 0.25) is 0 Å². The van der Waals surface area contributed by atoms with Gasteiger partial charge >= 0.3 is 0 Å². The molecule has 0 unspecified atom stereocenters. The maximum absolute atomic E-state index is 2.70. The van der Waals surface area contributed by atoms with Gasteiger partial charge in [-0.15, -0.1) is 0 Å². The molecule has 0 spiro atoms. The summed E-state index contributed by atoms with van der Waals surface area (Å²) < 4.78 is 2.42. The number of nitrogens with zero attached hydrogens (tertiary/aromatic N) is 2. The van der Waals surface area contributed by atoms with Crippen molar-refractivity contribution < 1.29 is 0 Å². The van der Waals surface area contributed by atoms with E-state index in [1.54, 1.807) is 0 Å². The molecule has 0 atom stereocenters. The summed E-state index contributed by atoms with van der Waals surface area (Å²) in [5, 5.41) is 10.5. The maximum atomic E-state index is 2.45. The number of aromatic nitrogens is 1. The average Bonchev–Trinajstić information content (AvgIpc) is 3.67. The molecular weight excluding hydrogens is 729 g/mol. The van der Waals surface area contributed by atoms with E-state index in [0.717, 1.165) is 22.7 Å². The van der Waals surface area contributed by atoms with Crippen LogP contribution >= 0.6 is 0 Å². The first kappa shape index (κ1) is 34.8. The fraction of sp³-hybridized carbons (Fsp3) is 0. The Morgan fingerprint density at radius 1 is 0.322 bits per heavy atom. The minimum Gasteiger partial charge on any atom is -0.310 e. The Labute approximate surface area is 345 Å². The quantitative estimate of drug-likeness (QED) is 0.0806. The second kappa shape index (κ2) is 14.5. The van der Waals surface area contributed by atoms with Gasteiger partial charge in [-0.05, 0) is 91.9 Å². The van der Waals surface area contributed by atoms with E-state index in [0.29, 0.717) is 0 Å².